The van der Waals surface area contributed by atoms with E-state index in [2.05, 4.69) is 24.1 Å². The summed E-state index contributed by atoms with van der Waals surface area (Å²) in [5, 5.41) is 2.91. The molecule has 1 saturated carbocycles. The van der Waals surface area contributed by atoms with Crippen LogP contribution in [0.3, 0.4) is 0 Å². The fourth-order valence-corrected chi connectivity index (χ4v) is 2.43. The Bertz CT molecular complexity index is 452. The Balaban J connectivity index is 1.68. The lowest BCUT2D eigenvalue weighted by Gasteiger charge is -2.26. The van der Waals surface area contributed by atoms with Gasteiger partial charge in [-0.25, -0.2) is 0 Å². The van der Waals surface area contributed by atoms with Crippen LogP contribution in [-0.4, -0.2) is 29.9 Å². The zero-order chi connectivity index (χ0) is 15.2. The molecule has 2 rings (SSSR count). The van der Waals surface area contributed by atoms with E-state index in [1.807, 2.05) is 12.1 Å². The van der Waals surface area contributed by atoms with Crippen LogP contribution < -0.4 is 11.1 Å². The number of amides is 1. The third-order valence-corrected chi connectivity index (χ3v) is 3.96. The van der Waals surface area contributed by atoms with Gasteiger partial charge in [0.25, 0.3) is 0 Å². The molecule has 0 aromatic heterocycles. The molecular weight excluding hydrogens is 262 g/mol. The number of nitrogens with zero attached hydrogens (tertiary/aromatic N) is 1. The first-order valence-electron chi connectivity index (χ1n) is 7.94. The minimum absolute atomic E-state index is 0.0786. The van der Waals surface area contributed by atoms with Gasteiger partial charge >= 0.3 is 0 Å². The summed E-state index contributed by atoms with van der Waals surface area (Å²) in [6, 6.07) is 7.82. The Morgan fingerprint density at radius 2 is 2.00 bits per heavy atom. The molecule has 0 unspecified atom stereocenters. The Labute approximate surface area is 127 Å². The van der Waals surface area contributed by atoms with Crippen LogP contribution in [0.1, 0.15) is 39.5 Å². The predicted molar refractivity (Wildman–Crippen MR) is 88.2 cm³/mol. The van der Waals surface area contributed by atoms with E-state index in [4.69, 9.17) is 5.73 Å². The van der Waals surface area contributed by atoms with Crippen molar-refractivity contribution in [3.63, 3.8) is 0 Å². The van der Waals surface area contributed by atoms with Crippen LogP contribution in [0.15, 0.2) is 24.3 Å². The number of nitrogen functional groups attached to an aromatic ring is 1. The van der Waals surface area contributed by atoms with Crippen molar-refractivity contribution in [2.24, 2.45) is 5.92 Å². The van der Waals surface area contributed by atoms with Crippen molar-refractivity contribution >= 4 is 17.3 Å². The van der Waals surface area contributed by atoms with Crippen LogP contribution >= 0.6 is 0 Å². The molecule has 1 amide bonds. The molecule has 0 aliphatic heterocycles. The summed E-state index contributed by atoms with van der Waals surface area (Å²) in [7, 11) is 0. The summed E-state index contributed by atoms with van der Waals surface area (Å²) in [5.74, 6) is 0.978. The van der Waals surface area contributed by atoms with E-state index in [1.54, 1.807) is 12.1 Å². The van der Waals surface area contributed by atoms with Gasteiger partial charge in [-0.2, -0.15) is 0 Å². The Morgan fingerprint density at radius 1 is 1.33 bits per heavy atom. The monoisotopic (exact) mass is 289 g/mol. The standard InChI is InChI=1S/C17H27N3O/c1-13(2)20(12-14-5-6-14)11-3-4-17(21)19-16-9-7-15(18)8-10-16/h7-10,13-14H,3-6,11-12,18H2,1-2H3,(H,19,21). The number of carbonyl (C=O) groups is 1. The molecule has 1 aromatic carbocycles. The lowest BCUT2D eigenvalue weighted by atomic mass is 10.2. The van der Waals surface area contributed by atoms with Crippen LogP contribution in [0.2, 0.25) is 0 Å². The van der Waals surface area contributed by atoms with Crippen molar-refractivity contribution in [2.75, 3.05) is 24.1 Å². The highest BCUT2D eigenvalue weighted by Gasteiger charge is 2.25. The topological polar surface area (TPSA) is 58.4 Å². The minimum atomic E-state index is 0.0786. The summed E-state index contributed by atoms with van der Waals surface area (Å²) in [5.41, 5.74) is 7.15. The first-order valence-corrected chi connectivity index (χ1v) is 7.94. The molecule has 0 bridgehead atoms. The van der Waals surface area contributed by atoms with Gasteiger partial charge in [0.1, 0.15) is 0 Å². The third-order valence-electron chi connectivity index (χ3n) is 3.96. The number of anilines is 2. The maximum atomic E-state index is 11.9. The van der Waals surface area contributed by atoms with Gasteiger partial charge in [-0.15, -0.1) is 0 Å². The van der Waals surface area contributed by atoms with Gasteiger partial charge in [0, 0.05) is 30.4 Å². The van der Waals surface area contributed by atoms with Crippen molar-refractivity contribution in [1.29, 1.82) is 0 Å². The van der Waals surface area contributed by atoms with Gasteiger partial charge < -0.3 is 16.0 Å². The molecule has 0 atom stereocenters. The summed E-state index contributed by atoms with van der Waals surface area (Å²) >= 11 is 0. The molecule has 21 heavy (non-hydrogen) atoms. The second-order valence-electron chi connectivity index (χ2n) is 6.31. The van der Waals surface area contributed by atoms with Crippen molar-refractivity contribution in [1.82, 2.24) is 4.90 Å². The summed E-state index contributed by atoms with van der Waals surface area (Å²) < 4.78 is 0. The van der Waals surface area contributed by atoms with Crippen molar-refractivity contribution in [3.8, 4) is 0 Å². The van der Waals surface area contributed by atoms with Crippen LogP contribution in [-0.2, 0) is 4.79 Å². The summed E-state index contributed by atoms with van der Waals surface area (Å²) in [6.45, 7) is 6.66. The SMILES string of the molecule is CC(C)N(CCCC(=O)Nc1ccc(N)cc1)CC1CC1. The van der Waals surface area contributed by atoms with Gasteiger partial charge in [-0.1, -0.05) is 0 Å². The Morgan fingerprint density at radius 3 is 2.57 bits per heavy atom. The maximum Gasteiger partial charge on any atom is 0.224 e. The first-order chi connectivity index (χ1) is 10.0. The van der Waals surface area contributed by atoms with Gasteiger partial charge in [-0.3, -0.25) is 4.79 Å². The minimum Gasteiger partial charge on any atom is -0.399 e. The van der Waals surface area contributed by atoms with Crippen LogP contribution in [0, 0.1) is 5.92 Å². The highest BCUT2D eigenvalue weighted by molar-refractivity contribution is 5.90. The van der Waals surface area contributed by atoms with E-state index in [0.717, 1.165) is 24.6 Å². The lowest BCUT2D eigenvalue weighted by Crippen LogP contribution is -2.34. The quantitative estimate of drug-likeness (QED) is 0.723. The summed E-state index contributed by atoms with van der Waals surface area (Å²) in [6.07, 6.45) is 4.23. The van der Waals surface area contributed by atoms with Gasteiger partial charge in [0.2, 0.25) is 5.91 Å². The highest BCUT2D eigenvalue weighted by Crippen LogP contribution is 2.30. The molecular formula is C17H27N3O. The Kier molecular flexibility index (Phi) is 5.62. The van der Waals surface area contributed by atoms with E-state index in [0.29, 0.717) is 18.2 Å². The fourth-order valence-electron chi connectivity index (χ4n) is 2.43. The van der Waals surface area contributed by atoms with Crippen LogP contribution in [0.5, 0.6) is 0 Å². The number of hydrogen-bond donors (Lipinski definition) is 2. The lowest BCUT2D eigenvalue weighted by molar-refractivity contribution is -0.116. The van der Waals surface area contributed by atoms with Gasteiger partial charge in [0.05, 0.1) is 0 Å². The predicted octanol–water partition coefficient (Wildman–Crippen LogP) is 3.11. The van der Waals surface area contributed by atoms with Gasteiger partial charge in [-0.05, 0) is 69.8 Å². The zero-order valence-corrected chi connectivity index (χ0v) is 13.1. The van der Waals surface area contributed by atoms with Crippen molar-refractivity contribution in [2.45, 2.75) is 45.6 Å². The van der Waals surface area contributed by atoms with E-state index in [1.165, 1.54) is 19.4 Å². The first kappa shape index (κ1) is 15.8. The van der Waals surface area contributed by atoms with Crippen molar-refractivity contribution in [3.05, 3.63) is 24.3 Å². The molecule has 1 fully saturated rings. The number of nitrogens with two attached hydrogens (primary N) is 1. The van der Waals surface area contributed by atoms with Crippen molar-refractivity contribution < 1.29 is 4.79 Å². The number of nitrogens with one attached hydrogen (secondary N) is 1. The van der Waals surface area contributed by atoms with E-state index in [-0.39, 0.29) is 5.91 Å². The molecule has 1 aromatic rings. The number of rotatable bonds is 8. The maximum absolute atomic E-state index is 11.9. The molecule has 1 aliphatic rings. The largest absolute Gasteiger partial charge is 0.399 e. The highest BCUT2D eigenvalue weighted by atomic mass is 16.1. The zero-order valence-electron chi connectivity index (χ0n) is 13.1. The number of hydrogen-bond acceptors (Lipinski definition) is 3. The molecule has 0 saturated heterocycles. The smallest absolute Gasteiger partial charge is 0.224 e. The third kappa shape index (κ3) is 5.76. The summed E-state index contributed by atoms with van der Waals surface area (Å²) in [4.78, 5) is 14.4. The molecule has 0 spiro atoms. The molecule has 3 N–H and O–H groups in total. The van der Waals surface area contributed by atoms with Crippen LogP contribution in [0.25, 0.3) is 0 Å². The Hall–Kier alpha value is -1.55. The van der Waals surface area contributed by atoms with E-state index < -0.39 is 0 Å². The molecule has 0 radical (unpaired) electrons. The fraction of sp³-hybridized carbons (Fsp3) is 0.588. The molecule has 4 nitrogen and oxygen atoms in total. The second-order valence-corrected chi connectivity index (χ2v) is 6.31. The molecule has 0 heterocycles. The van der Waals surface area contributed by atoms with Gasteiger partial charge in [0.15, 0.2) is 0 Å². The average molecular weight is 289 g/mol. The molecule has 1 aliphatic carbocycles. The average Bonchev–Trinajstić information content (AvgIpc) is 3.24. The molecule has 4 heteroatoms. The van der Waals surface area contributed by atoms with E-state index >= 15 is 0 Å². The second kappa shape index (κ2) is 7.46. The number of carbonyl (C=O) groups excluding carboxylic acids is 1. The van der Waals surface area contributed by atoms with E-state index in [9.17, 15) is 4.79 Å². The van der Waals surface area contributed by atoms with Crippen LogP contribution in [0.4, 0.5) is 11.4 Å². The number of benzene rings is 1. The normalized spacial score (nSPS) is 14.7. The molecule has 116 valence electrons.